The van der Waals surface area contributed by atoms with Crippen molar-refractivity contribution in [3.8, 4) is 0 Å². The lowest BCUT2D eigenvalue weighted by Crippen LogP contribution is -2.40. The SMILES string of the molecule is O=C(Cc1c[nH]c2ncc(Br)cc12)NC1CCc2onc(C(=O)N3CCCC3c3c(F)cccc3F)c2C1. The predicted octanol–water partition coefficient (Wildman–Crippen LogP) is 4.79. The Hall–Kier alpha value is -3.60. The molecule has 1 aliphatic carbocycles. The number of amides is 2. The molecule has 38 heavy (non-hydrogen) atoms. The van der Waals surface area contributed by atoms with Crippen molar-refractivity contribution in [2.24, 2.45) is 0 Å². The number of nitrogens with one attached hydrogen (secondary N) is 2. The molecule has 11 heteroatoms. The fraction of sp³-hybridized carbons (Fsp3) is 0.333. The first-order valence-electron chi connectivity index (χ1n) is 12.5. The number of benzene rings is 1. The van der Waals surface area contributed by atoms with Gasteiger partial charge in [0, 0.05) is 52.4 Å². The molecule has 3 aromatic heterocycles. The molecule has 1 aromatic carbocycles. The molecular formula is C27H24BrF2N5O3. The second-order valence-corrected chi connectivity index (χ2v) is 10.7. The molecule has 0 radical (unpaired) electrons. The largest absolute Gasteiger partial charge is 0.360 e. The minimum atomic E-state index is -0.708. The minimum absolute atomic E-state index is 0.0969. The molecule has 8 nitrogen and oxygen atoms in total. The Morgan fingerprint density at radius 2 is 2.05 bits per heavy atom. The van der Waals surface area contributed by atoms with Gasteiger partial charge in [0.25, 0.3) is 5.91 Å². The fourth-order valence-corrected chi connectivity index (χ4v) is 5.93. The van der Waals surface area contributed by atoms with E-state index in [9.17, 15) is 18.4 Å². The van der Waals surface area contributed by atoms with Gasteiger partial charge in [0.1, 0.15) is 23.0 Å². The summed E-state index contributed by atoms with van der Waals surface area (Å²) in [7, 11) is 0. The van der Waals surface area contributed by atoms with Gasteiger partial charge in [0.05, 0.1) is 12.5 Å². The van der Waals surface area contributed by atoms with Crippen LogP contribution in [0.5, 0.6) is 0 Å². The van der Waals surface area contributed by atoms with Gasteiger partial charge in [-0.1, -0.05) is 11.2 Å². The lowest BCUT2D eigenvalue weighted by Gasteiger charge is -2.26. The Balaban J connectivity index is 1.17. The van der Waals surface area contributed by atoms with Gasteiger partial charge >= 0.3 is 0 Å². The molecule has 1 fully saturated rings. The number of nitrogens with zero attached hydrogens (tertiary/aromatic N) is 3. The van der Waals surface area contributed by atoms with Gasteiger partial charge in [-0.05, 0) is 65.4 Å². The number of H-pyrrole nitrogens is 1. The van der Waals surface area contributed by atoms with Crippen LogP contribution in [0.15, 0.2) is 45.7 Å². The van der Waals surface area contributed by atoms with E-state index in [-0.39, 0.29) is 29.6 Å². The Morgan fingerprint density at radius 1 is 1.24 bits per heavy atom. The Bertz CT molecular complexity index is 1530. The van der Waals surface area contributed by atoms with Crippen LogP contribution in [0.4, 0.5) is 8.78 Å². The number of rotatable bonds is 5. The monoisotopic (exact) mass is 583 g/mol. The number of carbonyl (C=O) groups is 2. The van der Waals surface area contributed by atoms with E-state index in [0.29, 0.717) is 55.6 Å². The van der Waals surface area contributed by atoms with Crippen molar-refractivity contribution in [2.45, 2.75) is 50.6 Å². The third-order valence-corrected chi connectivity index (χ3v) is 7.82. The van der Waals surface area contributed by atoms with Crippen LogP contribution < -0.4 is 5.32 Å². The van der Waals surface area contributed by atoms with E-state index in [1.807, 2.05) is 6.07 Å². The van der Waals surface area contributed by atoms with Crippen LogP contribution in [-0.2, 0) is 24.1 Å². The second kappa shape index (κ2) is 9.94. The first-order valence-corrected chi connectivity index (χ1v) is 13.3. The highest BCUT2D eigenvalue weighted by atomic mass is 79.9. The third kappa shape index (κ3) is 4.48. The lowest BCUT2D eigenvalue weighted by atomic mass is 9.91. The van der Waals surface area contributed by atoms with Gasteiger partial charge in [-0.15, -0.1) is 0 Å². The molecule has 6 rings (SSSR count). The first kappa shape index (κ1) is 24.7. The summed E-state index contributed by atoms with van der Waals surface area (Å²) in [6.45, 7) is 0.370. The third-order valence-electron chi connectivity index (χ3n) is 7.39. The summed E-state index contributed by atoms with van der Waals surface area (Å²) in [6, 6.07) is 4.73. The molecule has 4 heterocycles. The van der Waals surface area contributed by atoms with E-state index in [1.54, 1.807) is 12.4 Å². The molecule has 196 valence electrons. The van der Waals surface area contributed by atoms with Crippen molar-refractivity contribution < 1.29 is 22.9 Å². The summed E-state index contributed by atoms with van der Waals surface area (Å²) in [4.78, 5) is 35.3. The number of pyridine rings is 1. The first-order chi connectivity index (χ1) is 18.4. The van der Waals surface area contributed by atoms with E-state index in [1.165, 1.54) is 23.1 Å². The van der Waals surface area contributed by atoms with Crippen LogP contribution in [0.25, 0.3) is 11.0 Å². The van der Waals surface area contributed by atoms with E-state index in [0.717, 1.165) is 15.4 Å². The number of fused-ring (bicyclic) bond motifs is 2. The van der Waals surface area contributed by atoms with Gasteiger partial charge in [0.2, 0.25) is 5.91 Å². The number of hydrogen-bond donors (Lipinski definition) is 2. The number of halogens is 3. The zero-order valence-corrected chi connectivity index (χ0v) is 21.9. The summed E-state index contributed by atoms with van der Waals surface area (Å²) >= 11 is 3.42. The van der Waals surface area contributed by atoms with Crippen molar-refractivity contribution in [3.63, 3.8) is 0 Å². The van der Waals surface area contributed by atoms with Crippen molar-refractivity contribution in [3.05, 3.63) is 80.9 Å². The molecule has 4 aromatic rings. The molecule has 0 spiro atoms. The zero-order chi connectivity index (χ0) is 26.4. The normalized spacial score (nSPS) is 19.1. The van der Waals surface area contributed by atoms with Crippen molar-refractivity contribution in [2.75, 3.05) is 6.54 Å². The maximum absolute atomic E-state index is 14.5. The Labute approximate surface area is 224 Å². The van der Waals surface area contributed by atoms with Crippen LogP contribution in [0.2, 0.25) is 0 Å². The summed E-state index contributed by atoms with van der Waals surface area (Å²) < 4.78 is 35.3. The van der Waals surface area contributed by atoms with Crippen LogP contribution >= 0.6 is 15.9 Å². The quantitative estimate of drug-likeness (QED) is 0.352. The molecule has 2 aliphatic rings. The van der Waals surface area contributed by atoms with Crippen LogP contribution in [-0.4, -0.2) is 44.4 Å². The number of aromatic nitrogens is 3. The van der Waals surface area contributed by atoms with Crippen molar-refractivity contribution in [1.82, 2.24) is 25.3 Å². The minimum Gasteiger partial charge on any atom is -0.360 e. The van der Waals surface area contributed by atoms with Gasteiger partial charge < -0.3 is 19.7 Å². The Kier molecular flexibility index (Phi) is 6.46. The number of aryl methyl sites for hydroxylation is 1. The second-order valence-electron chi connectivity index (χ2n) is 9.77. The zero-order valence-electron chi connectivity index (χ0n) is 20.3. The van der Waals surface area contributed by atoms with Crippen LogP contribution in [0.1, 0.15) is 58.2 Å². The molecule has 2 amide bonds. The standard InChI is InChI=1S/C27H24BrF2N5O3/c28-15-10-17-14(12-31-26(17)32-13-15)9-23(36)33-16-6-7-22-18(11-16)25(34-38-22)27(37)35-8-2-5-21(35)24-19(29)3-1-4-20(24)30/h1,3-4,10,12-13,16,21H,2,5-9,11H2,(H,31,32)(H,33,36). The van der Waals surface area contributed by atoms with Gasteiger partial charge in [-0.3, -0.25) is 9.59 Å². The fourth-order valence-electron chi connectivity index (χ4n) is 5.60. The molecular weight excluding hydrogens is 560 g/mol. The van der Waals surface area contributed by atoms with Gasteiger partial charge in [-0.25, -0.2) is 13.8 Å². The van der Waals surface area contributed by atoms with E-state index < -0.39 is 23.6 Å². The average molecular weight is 584 g/mol. The highest BCUT2D eigenvalue weighted by Gasteiger charge is 2.38. The topological polar surface area (TPSA) is 104 Å². The molecule has 2 atom stereocenters. The summed E-state index contributed by atoms with van der Waals surface area (Å²) in [5.74, 6) is -1.28. The molecule has 1 aliphatic heterocycles. The molecule has 2 N–H and O–H groups in total. The molecule has 1 saturated heterocycles. The van der Waals surface area contributed by atoms with Crippen LogP contribution in [0, 0.1) is 11.6 Å². The molecule has 0 saturated carbocycles. The average Bonchev–Trinajstić information content (AvgIpc) is 3.62. The van der Waals surface area contributed by atoms with Gasteiger partial charge in [-0.2, -0.15) is 0 Å². The van der Waals surface area contributed by atoms with E-state index in [2.05, 4.69) is 36.4 Å². The Morgan fingerprint density at radius 3 is 2.87 bits per heavy atom. The van der Waals surface area contributed by atoms with Gasteiger partial charge in [0.15, 0.2) is 5.69 Å². The maximum atomic E-state index is 14.5. The predicted molar refractivity (Wildman–Crippen MR) is 137 cm³/mol. The summed E-state index contributed by atoms with van der Waals surface area (Å²) in [5.41, 5.74) is 2.24. The number of hydrogen-bond acceptors (Lipinski definition) is 5. The summed E-state index contributed by atoms with van der Waals surface area (Å²) in [5, 5.41) is 8.00. The molecule has 0 bridgehead atoms. The van der Waals surface area contributed by atoms with Crippen molar-refractivity contribution in [1.29, 1.82) is 0 Å². The maximum Gasteiger partial charge on any atom is 0.276 e. The number of carbonyl (C=O) groups excluding carboxylic acids is 2. The summed E-state index contributed by atoms with van der Waals surface area (Å²) in [6.07, 6.45) is 6.30. The molecule has 2 unspecified atom stereocenters. The smallest absolute Gasteiger partial charge is 0.276 e. The number of aromatic amines is 1. The van der Waals surface area contributed by atoms with Crippen molar-refractivity contribution >= 4 is 38.8 Å². The van der Waals surface area contributed by atoms with E-state index >= 15 is 0 Å². The highest BCUT2D eigenvalue weighted by Crippen LogP contribution is 2.37. The van der Waals surface area contributed by atoms with E-state index in [4.69, 9.17) is 4.52 Å². The highest BCUT2D eigenvalue weighted by molar-refractivity contribution is 9.10. The van der Waals surface area contributed by atoms with Crippen LogP contribution in [0.3, 0.4) is 0 Å². The lowest BCUT2D eigenvalue weighted by molar-refractivity contribution is -0.121. The number of likely N-dealkylation sites (tertiary alicyclic amines) is 1.